The fourth-order valence-electron chi connectivity index (χ4n) is 5.79. The number of morpholine rings is 1. The summed E-state index contributed by atoms with van der Waals surface area (Å²) in [7, 11) is 0. The first-order valence-electron chi connectivity index (χ1n) is 12.0. The largest absolute Gasteiger partial charge is 0.445 e. The third-order valence-electron chi connectivity index (χ3n) is 7.57. The molecule has 4 nitrogen and oxygen atoms in total. The summed E-state index contributed by atoms with van der Waals surface area (Å²) in [6.07, 6.45) is 2.71. The summed E-state index contributed by atoms with van der Waals surface area (Å²) in [5.41, 5.74) is 8.93. The Morgan fingerprint density at radius 2 is 1.74 bits per heavy atom. The molecule has 4 heteroatoms. The smallest absolute Gasteiger partial charge is 0.411 e. The summed E-state index contributed by atoms with van der Waals surface area (Å²) in [4.78, 5) is 14.9. The molecule has 0 spiro atoms. The van der Waals surface area contributed by atoms with E-state index in [4.69, 9.17) is 9.47 Å². The third-order valence-corrected chi connectivity index (χ3v) is 7.57. The van der Waals surface area contributed by atoms with Crippen molar-refractivity contribution in [3.05, 3.63) is 101 Å². The van der Waals surface area contributed by atoms with Crippen molar-refractivity contribution in [1.29, 1.82) is 0 Å². The number of carbonyl (C=O) groups excluding carboxylic acids is 1. The van der Waals surface area contributed by atoms with Gasteiger partial charge in [-0.15, -0.1) is 0 Å². The molecule has 0 aromatic heterocycles. The van der Waals surface area contributed by atoms with Crippen molar-refractivity contribution >= 4 is 11.7 Å². The number of benzene rings is 3. The molecule has 2 bridgehead atoms. The Balaban J connectivity index is 1.27. The van der Waals surface area contributed by atoms with Gasteiger partial charge in [0.1, 0.15) is 6.61 Å². The molecular formula is C30H29NO3. The molecule has 0 saturated carbocycles. The SMILES string of the molecule is CC1(C)c2ccccc2-c2ccc(C3=CC4COCC(C3)N4C(=O)OCc3ccccc3)cc21. The average Bonchev–Trinajstić information content (AvgIpc) is 3.09. The van der Waals surface area contributed by atoms with Crippen LogP contribution in [0.1, 0.15) is 42.5 Å². The van der Waals surface area contributed by atoms with Gasteiger partial charge in [0.15, 0.2) is 0 Å². The van der Waals surface area contributed by atoms with Gasteiger partial charge in [0.2, 0.25) is 0 Å². The maximum atomic E-state index is 13.0. The van der Waals surface area contributed by atoms with Gasteiger partial charge in [-0.05, 0) is 51.4 Å². The fourth-order valence-corrected chi connectivity index (χ4v) is 5.79. The molecule has 3 aliphatic rings. The summed E-state index contributed by atoms with van der Waals surface area (Å²) in [6, 6.07) is 25.3. The van der Waals surface area contributed by atoms with Crippen molar-refractivity contribution in [3.8, 4) is 11.1 Å². The fraction of sp³-hybridized carbons (Fsp3) is 0.300. The highest BCUT2D eigenvalue weighted by molar-refractivity contribution is 5.83. The Morgan fingerprint density at radius 3 is 2.56 bits per heavy atom. The molecule has 6 rings (SSSR count). The molecule has 1 saturated heterocycles. The predicted molar refractivity (Wildman–Crippen MR) is 133 cm³/mol. The van der Waals surface area contributed by atoms with Crippen molar-refractivity contribution in [1.82, 2.24) is 4.90 Å². The summed E-state index contributed by atoms with van der Waals surface area (Å²) in [5.74, 6) is 0. The Kier molecular flexibility index (Phi) is 5.07. The molecule has 0 N–H and O–H groups in total. The Bertz CT molecular complexity index is 1280. The molecule has 1 fully saturated rings. The zero-order chi connectivity index (χ0) is 23.3. The Labute approximate surface area is 200 Å². The number of nitrogens with zero attached hydrogens (tertiary/aromatic N) is 1. The van der Waals surface area contributed by atoms with E-state index in [-0.39, 0.29) is 30.2 Å². The van der Waals surface area contributed by atoms with E-state index in [1.165, 1.54) is 33.4 Å². The number of hydrogen-bond acceptors (Lipinski definition) is 3. The minimum Gasteiger partial charge on any atom is -0.445 e. The minimum atomic E-state index is -0.261. The molecule has 34 heavy (non-hydrogen) atoms. The third kappa shape index (κ3) is 3.45. The van der Waals surface area contributed by atoms with E-state index in [2.05, 4.69) is 62.4 Å². The van der Waals surface area contributed by atoms with Gasteiger partial charge in [-0.1, -0.05) is 86.7 Å². The van der Waals surface area contributed by atoms with Crippen molar-refractivity contribution in [2.45, 2.75) is 44.4 Å². The maximum absolute atomic E-state index is 13.0. The van der Waals surface area contributed by atoms with E-state index >= 15 is 0 Å². The van der Waals surface area contributed by atoms with Crippen LogP contribution in [0.25, 0.3) is 16.7 Å². The number of rotatable bonds is 3. The van der Waals surface area contributed by atoms with Crippen molar-refractivity contribution in [2.75, 3.05) is 13.2 Å². The van der Waals surface area contributed by atoms with Gasteiger partial charge in [-0.3, -0.25) is 4.90 Å². The first kappa shape index (κ1) is 21.2. The van der Waals surface area contributed by atoms with Crippen LogP contribution in [0.5, 0.6) is 0 Å². The van der Waals surface area contributed by atoms with E-state index in [1.807, 2.05) is 35.2 Å². The van der Waals surface area contributed by atoms with Crippen LogP contribution in [0, 0.1) is 0 Å². The highest BCUT2D eigenvalue weighted by atomic mass is 16.6. The molecule has 2 heterocycles. The number of carbonyl (C=O) groups is 1. The monoisotopic (exact) mass is 451 g/mol. The van der Waals surface area contributed by atoms with E-state index in [1.54, 1.807) is 0 Å². The van der Waals surface area contributed by atoms with Gasteiger partial charge in [0, 0.05) is 5.41 Å². The zero-order valence-corrected chi connectivity index (χ0v) is 19.7. The number of ether oxygens (including phenoxy) is 2. The first-order valence-corrected chi connectivity index (χ1v) is 12.0. The highest BCUT2D eigenvalue weighted by Gasteiger charge is 2.40. The van der Waals surface area contributed by atoms with Crippen LogP contribution in [-0.4, -0.2) is 36.3 Å². The van der Waals surface area contributed by atoms with Crippen molar-refractivity contribution in [2.24, 2.45) is 0 Å². The van der Waals surface area contributed by atoms with Gasteiger partial charge < -0.3 is 9.47 Å². The minimum absolute atomic E-state index is 0.0134. The normalized spacial score (nSPS) is 21.9. The second kappa shape index (κ2) is 8.14. The lowest BCUT2D eigenvalue weighted by atomic mass is 9.81. The standard InChI is InChI=1S/C30H29NO3/c1-30(2)27-11-7-6-10-25(27)26-13-12-21(16-28(26)30)22-14-23-18-33-19-24(15-22)31(23)29(32)34-17-20-8-4-3-5-9-20/h3-14,16,23-24H,15,17-19H2,1-2H3. The van der Waals surface area contributed by atoms with Crippen LogP contribution in [0.2, 0.25) is 0 Å². The summed E-state index contributed by atoms with van der Waals surface area (Å²) in [5, 5.41) is 0. The van der Waals surface area contributed by atoms with Gasteiger partial charge in [-0.25, -0.2) is 4.79 Å². The van der Waals surface area contributed by atoms with E-state index < -0.39 is 0 Å². The van der Waals surface area contributed by atoms with Crippen LogP contribution < -0.4 is 0 Å². The number of fused-ring (bicyclic) bond motifs is 5. The summed E-state index contributed by atoms with van der Waals surface area (Å²) in [6.45, 7) is 5.94. The van der Waals surface area contributed by atoms with Gasteiger partial charge >= 0.3 is 6.09 Å². The topological polar surface area (TPSA) is 38.8 Å². The van der Waals surface area contributed by atoms with Crippen LogP contribution in [0.15, 0.2) is 78.9 Å². The molecule has 2 unspecified atom stereocenters. The second-order valence-corrected chi connectivity index (χ2v) is 10.0. The number of hydrogen-bond donors (Lipinski definition) is 0. The lowest BCUT2D eigenvalue weighted by molar-refractivity contribution is -0.0342. The highest BCUT2D eigenvalue weighted by Crippen LogP contribution is 2.49. The quantitative estimate of drug-likeness (QED) is 0.477. The first-order chi connectivity index (χ1) is 16.5. The predicted octanol–water partition coefficient (Wildman–Crippen LogP) is 6.19. The molecule has 2 atom stereocenters. The van der Waals surface area contributed by atoms with Crippen LogP contribution >= 0.6 is 0 Å². The molecule has 2 aliphatic heterocycles. The molecule has 3 aromatic carbocycles. The Morgan fingerprint density at radius 1 is 0.971 bits per heavy atom. The van der Waals surface area contributed by atoms with Gasteiger partial charge in [0.05, 0.1) is 25.3 Å². The van der Waals surface area contributed by atoms with E-state index in [0.717, 1.165) is 12.0 Å². The molecule has 0 radical (unpaired) electrons. The summed E-state index contributed by atoms with van der Waals surface area (Å²) < 4.78 is 11.5. The molecular weight excluding hydrogens is 422 g/mol. The molecule has 3 aromatic rings. The maximum Gasteiger partial charge on any atom is 0.411 e. The van der Waals surface area contributed by atoms with Gasteiger partial charge in [-0.2, -0.15) is 0 Å². The summed E-state index contributed by atoms with van der Waals surface area (Å²) >= 11 is 0. The second-order valence-electron chi connectivity index (χ2n) is 10.0. The van der Waals surface area contributed by atoms with Crippen LogP contribution in [0.4, 0.5) is 4.79 Å². The molecule has 1 aliphatic carbocycles. The lowest BCUT2D eigenvalue weighted by Gasteiger charge is -2.43. The van der Waals surface area contributed by atoms with Crippen LogP contribution in [-0.2, 0) is 21.5 Å². The molecule has 1 amide bonds. The lowest BCUT2D eigenvalue weighted by Crippen LogP contribution is -2.56. The van der Waals surface area contributed by atoms with E-state index in [9.17, 15) is 4.79 Å². The average molecular weight is 452 g/mol. The van der Waals surface area contributed by atoms with Crippen LogP contribution in [0.3, 0.4) is 0 Å². The zero-order valence-electron chi connectivity index (χ0n) is 19.7. The van der Waals surface area contributed by atoms with Crippen molar-refractivity contribution < 1.29 is 14.3 Å². The molecule has 172 valence electrons. The van der Waals surface area contributed by atoms with Crippen molar-refractivity contribution in [3.63, 3.8) is 0 Å². The van der Waals surface area contributed by atoms with Gasteiger partial charge in [0.25, 0.3) is 0 Å². The van der Waals surface area contributed by atoms with E-state index in [0.29, 0.717) is 13.2 Å². The number of amides is 1. The Hall–Kier alpha value is -3.37.